The lowest BCUT2D eigenvalue weighted by molar-refractivity contribution is 0.0885. The van der Waals surface area contributed by atoms with E-state index in [1.807, 2.05) is 0 Å². The summed E-state index contributed by atoms with van der Waals surface area (Å²) >= 11 is 6.97. The summed E-state index contributed by atoms with van der Waals surface area (Å²) in [6.07, 6.45) is 0.562. The normalized spacial score (nSPS) is 19.3. The van der Waals surface area contributed by atoms with E-state index in [-0.39, 0.29) is 0 Å². The Kier molecular flexibility index (Phi) is 5.66. The first kappa shape index (κ1) is 18.1. The number of aliphatic hydroxyl groups excluding tert-OH is 1. The summed E-state index contributed by atoms with van der Waals surface area (Å²) < 4.78 is 7.88. The van der Waals surface area contributed by atoms with Crippen molar-refractivity contribution >= 4 is 28.7 Å². The minimum Gasteiger partial charge on any atom is -0.390 e. The van der Waals surface area contributed by atoms with Crippen molar-refractivity contribution in [3.8, 4) is 0 Å². The van der Waals surface area contributed by atoms with E-state index in [0.29, 0.717) is 13.1 Å². The van der Waals surface area contributed by atoms with Crippen molar-refractivity contribution in [3.05, 3.63) is 39.3 Å². The Hall–Kier alpha value is -1.32. The molecular formula is C18H24N4O2S2. The molecule has 0 bridgehead atoms. The van der Waals surface area contributed by atoms with E-state index >= 15 is 0 Å². The van der Waals surface area contributed by atoms with Gasteiger partial charge in [-0.2, -0.15) is 0 Å². The molecule has 4 rings (SSSR count). The average molecular weight is 393 g/mol. The third kappa shape index (κ3) is 4.15. The van der Waals surface area contributed by atoms with Crippen molar-refractivity contribution < 1.29 is 9.84 Å². The summed E-state index contributed by atoms with van der Waals surface area (Å²) in [5.74, 6) is 0. The molecular weight excluding hydrogens is 368 g/mol. The van der Waals surface area contributed by atoms with Crippen LogP contribution in [0, 0.1) is 3.95 Å². The number of benzene rings is 1. The Morgan fingerprint density at radius 1 is 1.15 bits per heavy atom. The third-order valence-electron chi connectivity index (χ3n) is 4.94. The van der Waals surface area contributed by atoms with Crippen molar-refractivity contribution in [3.63, 3.8) is 0 Å². The molecule has 26 heavy (non-hydrogen) atoms. The molecule has 1 aromatic carbocycles. The molecule has 3 heterocycles. The minimum absolute atomic E-state index is 0.442. The van der Waals surface area contributed by atoms with Crippen LogP contribution in [-0.2, 0) is 24.2 Å². The van der Waals surface area contributed by atoms with Crippen LogP contribution in [0.25, 0.3) is 0 Å². The van der Waals surface area contributed by atoms with Crippen LogP contribution in [0.5, 0.6) is 0 Å². The zero-order valence-corrected chi connectivity index (χ0v) is 16.3. The van der Waals surface area contributed by atoms with Gasteiger partial charge in [-0.05, 0) is 29.8 Å². The predicted octanol–water partition coefficient (Wildman–Crippen LogP) is 1.93. The standard InChI is InChI=1S/C18H24N4O2S2/c23-16(12-20-6-5-14-3-1-2-4-15(14)11-20)13-22-18(25)26-17(19-22)21-7-9-24-10-8-21/h1-4,16,23H,5-13H2. The van der Waals surface area contributed by atoms with Crippen LogP contribution in [0.4, 0.5) is 5.13 Å². The predicted molar refractivity (Wildman–Crippen MR) is 105 cm³/mol. The summed E-state index contributed by atoms with van der Waals surface area (Å²) in [5.41, 5.74) is 2.79. The van der Waals surface area contributed by atoms with Gasteiger partial charge in [0, 0.05) is 32.7 Å². The molecule has 0 radical (unpaired) electrons. The fraction of sp³-hybridized carbons (Fsp3) is 0.556. The molecule has 0 saturated carbocycles. The van der Waals surface area contributed by atoms with E-state index in [1.54, 1.807) is 4.68 Å². The van der Waals surface area contributed by atoms with E-state index in [0.717, 1.165) is 54.9 Å². The Balaban J connectivity index is 1.36. The molecule has 2 aliphatic rings. The number of fused-ring (bicyclic) bond motifs is 1. The molecule has 8 heteroatoms. The number of ether oxygens (including phenoxy) is 1. The fourth-order valence-electron chi connectivity index (χ4n) is 3.56. The van der Waals surface area contributed by atoms with Gasteiger partial charge < -0.3 is 14.7 Å². The van der Waals surface area contributed by atoms with E-state index in [1.165, 1.54) is 22.5 Å². The van der Waals surface area contributed by atoms with Crippen LogP contribution < -0.4 is 4.90 Å². The molecule has 0 amide bonds. The van der Waals surface area contributed by atoms with Gasteiger partial charge in [0.05, 0.1) is 25.9 Å². The highest BCUT2D eigenvalue weighted by Crippen LogP contribution is 2.22. The Labute approximate surface area is 162 Å². The Morgan fingerprint density at radius 2 is 1.92 bits per heavy atom. The van der Waals surface area contributed by atoms with E-state index in [4.69, 9.17) is 17.0 Å². The van der Waals surface area contributed by atoms with Gasteiger partial charge in [-0.1, -0.05) is 35.6 Å². The van der Waals surface area contributed by atoms with Crippen LogP contribution in [0.1, 0.15) is 11.1 Å². The molecule has 1 saturated heterocycles. The lowest BCUT2D eigenvalue weighted by Crippen LogP contribution is -2.38. The number of anilines is 1. The first-order chi connectivity index (χ1) is 12.7. The van der Waals surface area contributed by atoms with Crippen LogP contribution in [0.15, 0.2) is 24.3 Å². The Morgan fingerprint density at radius 3 is 2.73 bits per heavy atom. The van der Waals surface area contributed by atoms with Crippen molar-refractivity contribution in [2.45, 2.75) is 25.6 Å². The van der Waals surface area contributed by atoms with Gasteiger partial charge in [-0.3, -0.25) is 4.90 Å². The topological polar surface area (TPSA) is 53.8 Å². The second-order valence-corrected chi connectivity index (χ2v) is 8.44. The smallest absolute Gasteiger partial charge is 0.207 e. The minimum atomic E-state index is -0.480. The van der Waals surface area contributed by atoms with Gasteiger partial charge in [0.15, 0.2) is 3.95 Å². The van der Waals surface area contributed by atoms with Crippen LogP contribution in [0.3, 0.4) is 0 Å². The fourth-order valence-corrected chi connectivity index (χ4v) is 4.73. The van der Waals surface area contributed by atoms with Crippen molar-refractivity contribution in [1.29, 1.82) is 0 Å². The molecule has 2 aliphatic heterocycles. The molecule has 1 atom stereocenters. The average Bonchev–Trinajstić information content (AvgIpc) is 3.03. The number of hydrogen-bond acceptors (Lipinski definition) is 7. The molecule has 1 aromatic heterocycles. The maximum atomic E-state index is 10.6. The second-order valence-electron chi connectivity index (χ2n) is 6.84. The highest BCUT2D eigenvalue weighted by atomic mass is 32.1. The molecule has 6 nitrogen and oxygen atoms in total. The molecule has 140 valence electrons. The first-order valence-corrected chi connectivity index (χ1v) is 10.3. The summed E-state index contributed by atoms with van der Waals surface area (Å²) in [6, 6.07) is 8.56. The van der Waals surface area contributed by atoms with Gasteiger partial charge in [0.1, 0.15) is 0 Å². The largest absolute Gasteiger partial charge is 0.390 e. The first-order valence-electron chi connectivity index (χ1n) is 9.07. The maximum absolute atomic E-state index is 10.6. The number of aromatic nitrogens is 2. The van der Waals surface area contributed by atoms with E-state index in [9.17, 15) is 5.11 Å². The highest BCUT2D eigenvalue weighted by molar-refractivity contribution is 7.73. The summed E-state index contributed by atoms with van der Waals surface area (Å²) in [4.78, 5) is 4.51. The number of morpholine rings is 1. The Bertz CT molecular complexity index is 800. The summed E-state index contributed by atoms with van der Waals surface area (Å²) in [5, 5.41) is 16.1. The van der Waals surface area contributed by atoms with Crippen molar-refractivity contribution in [2.75, 3.05) is 44.3 Å². The van der Waals surface area contributed by atoms with E-state index in [2.05, 4.69) is 39.2 Å². The van der Waals surface area contributed by atoms with Gasteiger partial charge in [-0.15, -0.1) is 5.10 Å². The zero-order chi connectivity index (χ0) is 17.9. The van der Waals surface area contributed by atoms with Crippen LogP contribution in [0.2, 0.25) is 0 Å². The van der Waals surface area contributed by atoms with Gasteiger partial charge in [0.25, 0.3) is 0 Å². The summed E-state index contributed by atoms with van der Waals surface area (Å²) in [7, 11) is 0. The second kappa shape index (κ2) is 8.14. The molecule has 0 aliphatic carbocycles. The third-order valence-corrected chi connectivity index (χ3v) is 6.31. The number of aliphatic hydroxyl groups is 1. The number of rotatable bonds is 5. The highest BCUT2D eigenvalue weighted by Gasteiger charge is 2.20. The zero-order valence-electron chi connectivity index (χ0n) is 14.7. The van der Waals surface area contributed by atoms with Crippen LogP contribution in [-0.4, -0.2) is 65.3 Å². The van der Waals surface area contributed by atoms with Crippen molar-refractivity contribution in [2.24, 2.45) is 0 Å². The molecule has 2 aromatic rings. The molecule has 1 unspecified atom stereocenters. The summed E-state index contributed by atoms with van der Waals surface area (Å²) in [6.45, 7) is 6.11. The van der Waals surface area contributed by atoms with Crippen LogP contribution >= 0.6 is 23.6 Å². The molecule has 0 spiro atoms. The monoisotopic (exact) mass is 392 g/mol. The number of β-amino-alcohol motifs (C(OH)–C–C–N with tert-alkyl or cyclic N) is 1. The maximum Gasteiger partial charge on any atom is 0.207 e. The van der Waals surface area contributed by atoms with Gasteiger partial charge in [-0.25, -0.2) is 4.68 Å². The molecule has 1 N–H and O–H groups in total. The lowest BCUT2D eigenvalue weighted by Gasteiger charge is -2.30. The number of nitrogens with zero attached hydrogens (tertiary/aromatic N) is 4. The van der Waals surface area contributed by atoms with E-state index < -0.39 is 6.10 Å². The van der Waals surface area contributed by atoms with Gasteiger partial charge in [0.2, 0.25) is 5.13 Å². The number of hydrogen-bond donors (Lipinski definition) is 1. The van der Waals surface area contributed by atoms with Crippen molar-refractivity contribution in [1.82, 2.24) is 14.7 Å². The van der Waals surface area contributed by atoms with Gasteiger partial charge >= 0.3 is 0 Å². The quantitative estimate of drug-likeness (QED) is 0.785. The molecule has 1 fully saturated rings. The lowest BCUT2D eigenvalue weighted by atomic mass is 10.00. The SMILES string of the molecule is OC(CN1CCc2ccccc2C1)Cn1nc(N2CCOCC2)sc1=S.